The van der Waals surface area contributed by atoms with E-state index >= 15 is 0 Å². The maximum absolute atomic E-state index is 11.0. The molecule has 6 heteroatoms. The van der Waals surface area contributed by atoms with Crippen molar-refractivity contribution in [1.29, 1.82) is 0 Å². The van der Waals surface area contributed by atoms with Gasteiger partial charge >= 0.3 is 0 Å². The Labute approximate surface area is 123 Å². The predicted molar refractivity (Wildman–Crippen MR) is 80.5 cm³/mol. The summed E-state index contributed by atoms with van der Waals surface area (Å²) in [5.74, 6) is 0.486. The summed E-state index contributed by atoms with van der Waals surface area (Å²) in [6, 6.07) is 8.82. The van der Waals surface area contributed by atoms with Crippen LogP contribution in [0.5, 0.6) is 5.75 Å². The molecular weight excluding hydrogens is 270 g/mol. The Hall–Kier alpha value is -2.34. The first-order valence-corrected chi connectivity index (χ1v) is 6.71. The standard InChI is InChI=1S/C15H19N3O3/c1-11(16)6-13-4-3-5-17(13)10-12-7-14(18(19)20)9-15(8-12)21-2/h3-5,7-9,11H,6,10,16H2,1-2H3. The van der Waals surface area contributed by atoms with Crippen LogP contribution in [0, 0.1) is 10.1 Å². The van der Waals surface area contributed by atoms with Crippen LogP contribution < -0.4 is 10.5 Å². The third-order valence-corrected chi connectivity index (χ3v) is 3.21. The third kappa shape index (κ3) is 3.82. The number of hydrogen-bond acceptors (Lipinski definition) is 4. The van der Waals surface area contributed by atoms with Crippen molar-refractivity contribution in [2.24, 2.45) is 5.73 Å². The van der Waals surface area contributed by atoms with Crippen LogP contribution in [0.2, 0.25) is 0 Å². The van der Waals surface area contributed by atoms with E-state index in [0.717, 1.165) is 17.7 Å². The molecule has 2 aromatic rings. The summed E-state index contributed by atoms with van der Waals surface area (Å²) >= 11 is 0. The summed E-state index contributed by atoms with van der Waals surface area (Å²) in [6.07, 6.45) is 2.71. The van der Waals surface area contributed by atoms with Crippen molar-refractivity contribution < 1.29 is 9.66 Å². The van der Waals surface area contributed by atoms with Gasteiger partial charge in [-0.1, -0.05) is 0 Å². The Kier molecular flexibility index (Phi) is 4.59. The highest BCUT2D eigenvalue weighted by molar-refractivity contribution is 5.43. The summed E-state index contributed by atoms with van der Waals surface area (Å²) in [4.78, 5) is 10.6. The molecule has 0 fully saturated rings. The van der Waals surface area contributed by atoms with Crippen molar-refractivity contribution in [3.63, 3.8) is 0 Å². The van der Waals surface area contributed by atoms with Gasteiger partial charge in [-0.15, -0.1) is 0 Å². The zero-order chi connectivity index (χ0) is 15.4. The van der Waals surface area contributed by atoms with Crippen molar-refractivity contribution in [2.45, 2.75) is 25.9 Å². The minimum absolute atomic E-state index is 0.0326. The van der Waals surface area contributed by atoms with E-state index in [1.165, 1.54) is 13.2 Å². The first kappa shape index (κ1) is 15.1. The van der Waals surface area contributed by atoms with E-state index in [9.17, 15) is 10.1 Å². The van der Waals surface area contributed by atoms with Gasteiger partial charge in [0.1, 0.15) is 5.75 Å². The van der Waals surface area contributed by atoms with Crippen molar-refractivity contribution in [2.75, 3.05) is 7.11 Å². The number of nitrogens with zero attached hydrogens (tertiary/aromatic N) is 2. The van der Waals surface area contributed by atoms with E-state index < -0.39 is 4.92 Å². The highest BCUT2D eigenvalue weighted by atomic mass is 16.6. The molecule has 21 heavy (non-hydrogen) atoms. The molecule has 0 saturated carbocycles. The molecule has 0 saturated heterocycles. The number of hydrogen-bond donors (Lipinski definition) is 1. The molecule has 6 nitrogen and oxygen atoms in total. The third-order valence-electron chi connectivity index (χ3n) is 3.21. The fraction of sp³-hybridized carbons (Fsp3) is 0.333. The molecule has 0 spiro atoms. The maximum Gasteiger partial charge on any atom is 0.273 e. The summed E-state index contributed by atoms with van der Waals surface area (Å²) < 4.78 is 7.17. The van der Waals surface area contributed by atoms with Crippen LogP contribution in [-0.2, 0) is 13.0 Å². The number of ether oxygens (including phenoxy) is 1. The van der Waals surface area contributed by atoms with Crippen molar-refractivity contribution in [3.05, 3.63) is 57.9 Å². The average molecular weight is 289 g/mol. The number of methoxy groups -OCH3 is 1. The Morgan fingerprint density at radius 3 is 2.81 bits per heavy atom. The highest BCUT2D eigenvalue weighted by Crippen LogP contribution is 2.23. The number of aromatic nitrogens is 1. The first-order valence-electron chi connectivity index (χ1n) is 6.71. The van der Waals surface area contributed by atoms with Gasteiger partial charge < -0.3 is 15.0 Å². The van der Waals surface area contributed by atoms with Crippen molar-refractivity contribution in [1.82, 2.24) is 4.57 Å². The van der Waals surface area contributed by atoms with Gasteiger partial charge in [0, 0.05) is 37.0 Å². The topological polar surface area (TPSA) is 83.3 Å². The predicted octanol–water partition coefficient (Wildman–Crippen LogP) is 2.34. The molecule has 2 N–H and O–H groups in total. The zero-order valence-electron chi connectivity index (χ0n) is 12.2. The van der Waals surface area contributed by atoms with Crippen molar-refractivity contribution >= 4 is 5.69 Å². The van der Waals surface area contributed by atoms with Gasteiger partial charge in [-0.05, 0) is 30.7 Å². The van der Waals surface area contributed by atoms with E-state index in [1.807, 2.05) is 35.9 Å². The van der Waals surface area contributed by atoms with E-state index in [1.54, 1.807) is 6.07 Å². The van der Waals surface area contributed by atoms with Crippen molar-refractivity contribution in [3.8, 4) is 5.75 Å². The molecule has 1 heterocycles. The number of non-ortho nitro benzene ring substituents is 1. The van der Waals surface area contributed by atoms with Crippen LogP contribution in [0.25, 0.3) is 0 Å². The fourth-order valence-electron chi connectivity index (χ4n) is 2.27. The number of nitrogens with two attached hydrogens (primary N) is 1. The molecule has 0 aliphatic rings. The van der Waals surface area contributed by atoms with Crippen LogP contribution >= 0.6 is 0 Å². The molecule has 1 atom stereocenters. The minimum atomic E-state index is -0.412. The number of benzene rings is 1. The fourth-order valence-corrected chi connectivity index (χ4v) is 2.27. The average Bonchev–Trinajstić information content (AvgIpc) is 2.84. The zero-order valence-corrected chi connectivity index (χ0v) is 12.2. The van der Waals surface area contributed by atoms with Gasteiger partial charge in [0.05, 0.1) is 18.1 Å². The molecule has 0 bridgehead atoms. The summed E-state index contributed by atoms with van der Waals surface area (Å²) in [5, 5.41) is 11.0. The molecule has 1 aromatic carbocycles. The highest BCUT2D eigenvalue weighted by Gasteiger charge is 2.11. The van der Waals surface area contributed by atoms with Gasteiger partial charge in [-0.2, -0.15) is 0 Å². The number of rotatable bonds is 6. The lowest BCUT2D eigenvalue weighted by molar-refractivity contribution is -0.385. The second-order valence-electron chi connectivity index (χ2n) is 5.11. The second-order valence-corrected chi connectivity index (χ2v) is 5.11. The van der Waals surface area contributed by atoms with Gasteiger partial charge in [0.15, 0.2) is 0 Å². The molecule has 0 radical (unpaired) electrons. The Balaban J connectivity index is 2.29. The molecule has 0 amide bonds. The minimum Gasteiger partial charge on any atom is -0.496 e. The maximum atomic E-state index is 11.0. The largest absolute Gasteiger partial charge is 0.496 e. The van der Waals surface area contributed by atoms with Gasteiger partial charge in [0.25, 0.3) is 5.69 Å². The molecule has 1 aromatic heterocycles. The van der Waals surface area contributed by atoms with E-state index in [2.05, 4.69) is 0 Å². The van der Waals surface area contributed by atoms with E-state index in [-0.39, 0.29) is 11.7 Å². The molecule has 2 rings (SSSR count). The van der Waals surface area contributed by atoms with Crippen LogP contribution in [0.4, 0.5) is 5.69 Å². The molecular formula is C15H19N3O3. The quantitative estimate of drug-likeness (QED) is 0.653. The Morgan fingerprint density at radius 1 is 1.43 bits per heavy atom. The molecule has 0 aliphatic carbocycles. The Bertz CT molecular complexity index is 635. The lowest BCUT2D eigenvalue weighted by Crippen LogP contribution is -2.20. The van der Waals surface area contributed by atoms with Gasteiger partial charge in [-0.25, -0.2) is 0 Å². The molecule has 1 unspecified atom stereocenters. The van der Waals surface area contributed by atoms with Crippen LogP contribution in [-0.4, -0.2) is 22.6 Å². The van der Waals surface area contributed by atoms with Crippen LogP contribution in [0.1, 0.15) is 18.2 Å². The normalized spacial score (nSPS) is 12.1. The smallest absolute Gasteiger partial charge is 0.273 e. The van der Waals surface area contributed by atoms with Crippen LogP contribution in [0.3, 0.4) is 0 Å². The summed E-state index contributed by atoms with van der Waals surface area (Å²) in [7, 11) is 1.50. The summed E-state index contributed by atoms with van der Waals surface area (Å²) in [5.41, 5.74) is 7.79. The van der Waals surface area contributed by atoms with Crippen LogP contribution in [0.15, 0.2) is 36.5 Å². The van der Waals surface area contributed by atoms with E-state index in [4.69, 9.17) is 10.5 Å². The first-order chi connectivity index (χ1) is 9.99. The van der Waals surface area contributed by atoms with Gasteiger partial charge in [-0.3, -0.25) is 10.1 Å². The molecule has 0 aliphatic heterocycles. The lowest BCUT2D eigenvalue weighted by Gasteiger charge is -2.12. The van der Waals surface area contributed by atoms with Gasteiger partial charge in [0.2, 0.25) is 0 Å². The SMILES string of the molecule is COc1cc(Cn2cccc2CC(C)N)cc([N+](=O)[O-])c1. The Morgan fingerprint density at radius 2 is 2.19 bits per heavy atom. The second kappa shape index (κ2) is 6.41. The lowest BCUT2D eigenvalue weighted by atomic mass is 10.1. The molecule has 112 valence electrons. The van der Waals surface area contributed by atoms with E-state index in [0.29, 0.717) is 12.3 Å². The number of nitro benzene ring substituents is 1. The number of nitro groups is 1. The summed E-state index contributed by atoms with van der Waals surface area (Å²) in [6.45, 7) is 2.50. The monoisotopic (exact) mass is 289 g/mol.